The van der Waals surface area contributed by atoms with E-state index in [0.29, 0.717) is 0 Å². The molecule has 1 aromatic carbocycles. The molecule has 0 aromatic heterocycles. The Bertz CT molecular complexity index is 806. The number of alkyl carbamates (subject to hydrolysis) is 1. The Hall–Kier alpha value is -3.17. The Labute approximate surface area is 181 Å². The van der Waals surface area contributed by atoms with Crippen LogP contribution in [0.1, 0.15) is 59.9 Å². The van der Waals surface area contributed by atoms with Crippen LogP contribution in [0.25, 0.3) is 0 Å². The summed E-state index contributed by atoms with van der Waals surface area (Å²) in [5.41, 5.74) is -1.70. The summed E-state index contributed by atoms with van der Waals surface area (Å²) in [6.45, 7) is 11.5. The van der Waals surface area contributed by atoms with E-state index in [0.717, 1.165) is 0 Å². The molecule has 0 aliphatic carbocycles. The van der Waals surface area contributed by atoms with Gasteiger partial charge in [-0.1, -0.05) is 12.1 Å². The van der Waals surface area contributed by atoms with Crippen LogP contribution in [0.2, 0.25) is 0 Å². The minimum atomic E-state index is -1.48. The van der Waals surface area contributed by atoms with Gasteiger partial charge in [0, 0.05) is 12.1 Å². The lowest BCUT2D eigenvalue weighted by atomic mass is 9.90. The lowest BCUT2D eigenvalue weighted by Gasteiger charge is -2.29. The maximum Gasteiger partial charge on any atom is 0.408 e. The van der Waals surface area contributed by atoms with Crippen LogP contribution in [-0.4, -0.2) is 46.8 Å². The van der Waals surface area contributed by atoms with Crippen molar-refractivity contribution in [2.75, 3.05) is 6.61 Å². The minimum absolute atomic E-state index is 0.00658. The number of esters is 2. The molecular weight excluding hydrogens is 408 g/mol. The molecule has 0 radical (unpaired) electrons. The van der Waals surface area contributed by atoms with Crippen LogP contribution in [-0.2, 0) is 23.8 Å². The zero-order chi connectivity index (χ0) is 24.0. The number of nitro benzene ring substituents is 1. The first-order valence-corrected chi connectivity index (χ1v) is 9.78. The van der Waals surface area contributed by atoms with E-state index >= 15 is 0 Å². The summed E-state index contributed by atoms with van der Waals surface area (Å²) in [5, 5.41) is 13.4. The molecule has 10 heteroatoms. The van der Waals surface area contributed by atoms with E-state index in [1.807, 2.05) is 0 Å². The van der Waals surface area contributed by atoms with Crippen molar-refractivity contribution >= 4 is 23.7 Å². The standard InChI is InChI=1S/C21H30N2O8/c1-8-29-18(25)16(22-19(26)31-21(5,6)7)15(17(24)30-20(2,3)4)13-9-11-14(12-10-13)23(27)28/h9-12,15-16H,8H2,1-7H3,(H,22,26). The van der Waals surface area contributed by atoms with Gasteiger partial charge in [0.2, 0.25) is 0 Å². The highest BCUT2D eigenvalue weighted by Gasteiger charge is 2.41. The summed E-state index contributed by atoms with van der Waals surface area (Å²) >= 11 is 0. The first-order chi connectivity index (χ1) is 14.1. The summed E-state index contributed by atoms with van der Waals surface area (Å²) in [7, 11) is 0. The maximum absolute atomic E-state index is 13.0. The van der Waals surface area contributed by atoms with Gasteiger partial charge in [-0.3, -0.25) is 14.9 Å². The number of non-ortho nitro benzene ring substituents is 1. The monoisotopic (exact) mass is 438 g/mol. The van der Waals surface area contributed by atoms with Gasteiger partial charge >= 0.3 is 18.0 Å². The predicted molar refractivity (Wildman–Crippen MR) is 111 cm³/mol. The van der Waals surface area contributed by atoms with E-state index in [-0.39, 0.29) is 17.9 Å². The van der Waals surface area contributed by atoms with E-state index in [2.05, 4.69) is 5.32 Å². The molecule has 0 saturated carbocycles. The number of hydrogen-bond donors (Lipinski definition) is 1. The van der Waals surface area contributed by atoms with Crippen molar-refractivity contribution in [3.05, 3.63) is 39.9 Å². The SMILES string of the molecule is CCOC(=O)C(NC(=O)OC(C)(C)C)C(C(=O)OC(C)(C)C)c1ccc([N+](=O)[O-])cc1. The minimum Gasteiger partial charge on any atom is -0.464 e. The quantitative estimate of drug-likeness (QED) is 0.296. The van der Waals surface area contributed by atoms with Crippen LogP contribution in [0.5, 0.6) is 0 Å². The molecule has 0 saturated heterocycles. The summed E-state index contributed by atoms with van der Waals surface area (Å²) in [4.78, 5) is 48.5. The van der Waals surface area contributed by atoms with Crippen molar-refractivity contribution in [2.24, 2.45) is 0 Å². The smallest absolute Gasteiger partial charge is 0.408 e. The molecule has 1 N–H and O–H groups in total. The number of nitrogens with one attached hydrogen (secondary N) is 1. The number of nitro groups is 1. The molecule has 1 amide bonds. The van der Waals surface area contributed by atoms with Gasteiger partial charge in [-0.05, 0) is 54.0 Å². The molecule has 1 rings (SSSR count). The van der Waals surface area contributed by atoms with Crippen molar-refractivity contribution in [2.45, 2.75) is 71.6 Å². The fraction of sp³-hybridized carbons (Fsp3) is 0.571. The summed E-state index contributed by atoms with van der Waals surface area (Å²) in [6.07, 6.45) is -0.930. The number of carbonyl (C=O) groups excluding carboxylic acids is 3. The Kier molecular flexibility index (Phi) is 8.54. The summed E-state index contributed by atoms with van der Waals surface area (Å²) in [5.74, 6) is -3.01. The third-order valence-electron chi connectivity index (χ3n) is 3.67. The van der Waals surface area contributed by atoms with Crippen molar-refractivity contribution in [3.8, 4) is 0 Å². The molecular formula is C21H30N2O8. The molecule has 172 valence electrons. The zero-order valence-electron chi connectivity index (χ0n) is 18.9. The molecule has 0 bridgehead atoms. The molecule has 2 atom stereocenters. The van der Waals surface area contributed by atoms with Gasteiger partial charge in [0.25, 0.3) is 5.69 Å². The Morgan fingerprint density at radius 3 is 1.90 bits per heavy atom. The fourth-order valence-electron chi connectivity index (χ4n) is 2.58. The highest BCUT2D eigenvalue weighted by atomic mass is 16.6. The number of benzene rings is 1. The van der Waals surface area contributed by atoms with Crippen LogP contribution in [0, 0.1) is 10.1 Å². The molecule has 10 nitrogen and oxygen atoms in total. The summed E-state index contributed by atoms with van der Waals surface area (Å²) in [6, 6.07) is 3.57. The van der Waals surface area contributed by atoms with Crippen molar-refractivity contribution in [1.82, 2.24) is 5.32 Å². The predicted octanol–water partition coefficient (Wildman–Crippen LogP) is 3.48. The van der Waals surface area contributed by atoms with Crippen LogP contribution in [0.4, 0.5) is 10.5 Å². The third kappa shape index (κ3) is 8.61. The summed E-state index contributed by atoms with van der Waals surface area (Å²) < 4.78 is 15.7. The average molecular weight is 438 g/mol. The first kappa shape index (κ1) is 25.9. The van der Waals surface area contributed by atoms with Crippen molar-refractivity contribution < 1.29 is 33.5 Å². The Morgan fingerprint density at radius 1 is 0.968 bits per heavy atom. The normalized spacial score (nSPS) is 13.5. The molecule has 0 heterocycles. The van der Waals surface area contributed by atoms with Gasteiger partial charge in [-0.25, -0.2) is 9.59 Å². The highest BCUT2D eigenvalue weighted by Crippen LogP contribution is 2.27. The fourth-order valence-corrected chi connectivity index (χ4v) is 2.58. The van der Waals surface area contributed by atoms with E-state index in [9.17, 15) is 24.5 Å². The van der Waals surface area contributed by atoms with Crippen LogP contribution < -0.4 is 5.32 Å². The number of ether oxygens (including phenoxy) is 3. The van der Waals surface area contributed by atoms with Gasteiger partial charge in [-0.15, -0.1) is 0 Å². The number of hydrogen-bond acceptors (Lipinski definition) is 8. The highest BCUT2D eigenvalue weighted by molar-refractivity contribution is 5.91. The van der Waals surface area contributed by atoms with Crippen LogP contribution in [0.3, 0.4) is 0 Å². The molecule has 31 heavy (non-hydrogen) atoms. The number of amides is 1. The second-order valence-electron chi connectivity index (χ2n) is 8.74. The molecule has 0 fully saturated rings. The Balaban J connectivity index is 3.44. The molecule has 0 aliphatic rings. The zero-order valence-corrected chi connectivity index (χ0v) is 18.9. The van der Waals surface area contributed by atoms with Crippen molar-refractivity contribution in [3.63, 3.8) is 0 Å². The number of carbonyl (C=O) groups is 3. The number of rotatable bonds is 7. The largest absolute Gasteiger partial charge is 0.464 e. The first-order valence-electron chi connectivity index (χ1n) is 9.78. The average Bonchev–Trinajstić information content (AvgIpc) is 2.58. The lowest BCUT2D eigenvalue weighted by Crippen LogP contribution is -2.50. The lowest BCUT2D eigenvalue weighted by molar-refractivity contribution is -0.384. The number of nitrogens with zero attached hydrogens (tertiary/aromatic N) is 1. The third-order valence-corrected chi connectivity index (χ3v) is 3.67. The second-order valence-corrected chi connectivity index (χ2v) is 8.74. The molecule has 0 spiro atoms. The van der Waals surface area contributed by atoms with E-state index in [1.54, 1.807) is 48.5 Å². The molecule has 1 aromatic rings. The molecule has 2 unspecified atom stereocenters. The van der Waals surface area contributed by atoms with Gasteiger partial charge in [0.15, 0.2) is 0 Å². The maximum atomic E-state index is 13.0. The van der Waals surface area contributed by atoms with Gasteiger partial charge < -0.3 is 19.5 Å². The van der Waals surface area contributed by atoms with Crippen molar-refractivity contribution in [1.29, 1.82) is 0 Å². The van der Waals surface area contributed by atoms with E-state index in [4.69, 9.17) is 14.2 Å². The van der Waals surface area contributed by atoms with Crippen LogP contribution in [0.15, 0.2) is 24.3 Å². The van der Waals surface area contributed by atoms with Gasteiger partial charge in [-0.2, -0.15) is 0 Å². The molecule has 0 aliphatic heterocycles. The van der Waals surface area contributed by atoms with Gasteiger partial charge in [0.05, 0.1) is 11.5 Å². The second kappa shape index (κ2) is 10.2. The van der Waals surface area contributed by atoms with E-state index in [1.165, 1.54) is 24.3 Å². The van der Waals surface area contributed by atoms with Gasteiger partial charge in [0.1, 0.15) is 23.2 Å². The van der Waals surface area contributed by atoms with E-state index < -0.39 is 46.1 Å². The van der Waals surface area contributed by atoms with Crippen LogP contribution >= 0.6 is 0 Å². The Morgan fingerprint density at radius 2 is 1.48 bits per heavy atom. The topological polar surface area (TPSA) is 134 Å².